The minimum Gasteiger partial charge on any atom is -0.487 e. The lowest BCUT2D eigenvalue weighted by atomic mass is 10.1. The SMILES string of the molecule is O=C(CN1C(=O)S/C(=C/c2cc(I)cc(I)c2OCc2ccccc2)C1=O)Nc1ccc(Br)cc1. The number of thioether (sulfide) groups is 1. The summed E-state index contributed by atoms with van der Waals surface area (Å²) in [6.07, 6.45) is 1.65. The first-order valence-electron chi connectivity index (χ1n) is 10.3. The third kappa shape index (κ3) is 6.86. The van der Waals surface area contributed by atoms with Crippen molar-refractivity contribution in [2.24, 2.45) is 0 Å². The molecule has 1 aliphatic heterocycles. The molecular weight excluding hydrogens is 758 g/mol. The van der Waals surface area contributed by atoms with Crippen LogP contribution in [-0.4, -0.2) is 28.5 Å². The van der Waals surface area contributed by atoms with Crippen molar-refractivity contribution >= 4 is 102 Å². The zero-order valence-corrected chi connectivity index (χ0v) is 24.7. The Morgan fingerprint density at radius 3 is 2.49 bits per heavy atom. The maximum absolute atomic E-state index is 13.0. The highest BCUT2D eigenvalue weighted by molar-refractivity contribution is 14.1. The first-order chi connectivity index (χ1) is 16.8. The van der Waals surface area contributed by atoms with Gasteiger partial charge in [0.1, 0.15) is 18.9 Å². The molecule has 0 aliphatic carbocycles. The minimum absolute atomic E-state index is 0.244. The fraction of sp³-hybridized carbons (Fsp3) is 0.0800. The van der Waals surface area contributed by atoms with Gasteiger partial charge in [0.15, 0.2) is 0 Å². The molecule has 1 aliphatic rings. The maximum Gasteiger partial charge on any atom is 0.294 e. The highest BCUT2D eigenvalue weighted by Crippen LogP contribution is 2.36. The van der Waals surface area contributed by atoms with Crippen molar-refractivity contribution in [2.75, 3.05) is 11.9 Å². The van der Waals surface area contributed by atoms with Crippen LogP contribution < -0.4 is 10.1 Å². The Hall–Kier alpha value is -1.90. The van der Waals surface area contributed by atoms with E-state index in [9.17, 15) is 14.4 Å². The zero-order valence-electron chi connectivity index (χ0n) is 18.0. The molecule has 1 heterocycles. The number of halogens is 3. The summed E-state index contributed by atoms with van der Waals surface area (Å²) in [7, 11) is 0. The molecule has 0 aromatic heterocycles. The van der Waals surface area contributed by atoms with E-state index in [1.54, 1.807) is 30.3 Å². The van der Waals surface area contributed by atoms with Crippen LogP contribution in [0.15, 0.2) is 76.1 Å². The van der Waals surface area contributed by atoms with Crippen molar-refractivity contribution < 1.29 is 19.1 Å². The Morgan fingerprint density at radius 2 is 1.77 bits per heavy atom. The number of ether oxygens (including phenoxy) is 1. The predicted molar refractivity (Wildman–Crippen MR) is 158 cm³/mol. The van der Waals surface area contributed by atoms with Crippen LogP contribution in [0.1, 0.15) is 11.1 Å². The third-order valence-electron chi connectivity index (χ3n) is 4.85. The highest BCUT2D eigenvalue weighted by Gasteiger charge is 2.36. The number of anilines is 1. The number of carbonyl (C=O) groups excluding carboxylic acids is 3. The van der Waals surface area contributed by atoms with Crippen LogP contribution >= 0.6 is 72.9 Å². The van der Waals surface area contributed by atoms with Gasteiger partial charge in [-0.15, -0.1) is 0 Å². The number of imide groups is 1. The van der Waals surface area contributed by atoms with E-state index in [2.05, 4.69) is 66.4 Å². The first-order valence-corrected chi connectivity index (χ1v) is 14.0. The molecule has 1 N–H and O–H groups in total. The van der Waals surface area contributed by atoms with Crippen molar-refractivity contribution in [2.45, 2.75) is 6.61 Å². The van der Waals surface area contributed by atoms with Crippen LogP contribution in [0.5, 0.6) is 5.75 Å². The predicted octanol–water partition coefficient (Wildman–Crippen LogP) is 6.91. The van der Waals surface area contributed by atoms with Gasteiger partial charge in [0.25, 0.3) is 11.1 Å². The molecule has 0 spiro atoms. The Bertz CT molecular complexity index is 1320. The zero-order chi connectivity index (χ0) is 24.9. The molecule has 0 saturated carbocycles. The standard InChI is InChI=1S/C25H17BrI2N2O4S/c26-17-6-8-19(9-7-17)29-22(31)13-30-24(32)21(35-25(30)33)11-16-10-18(27)12-20(28)23(16)34-14-15-4-2-1-3-5-15/h1-12H,13-14H2,(H,29,31)/b21-11+. The van der Waals surface area contributed by atoms with Gasteiger partial charge in [0.05, 0.1) is 8.48 Å². The number of amides is 3. The maximum atomic E-state index is 13.0. The average molecular weight is 775 g/mol. The summed E-state index contributed by atoms with van der Waals surface area (Å²) in [5, 5.41) is 2.21. The lowest BCUT2D eigenvalue weighted by Crippen LogP contribution is -2.36. The normalized spacial score (nSPS) is 14.5. The van der Waals surface area contributed by atoms with Crippen LogP contribution in [0.25, 0.3) is 6.08 Å². The van der Waals surface area contributed by atoms with Crippen LogP contribution in [0.2, 0.25) is 0 Å². The molecule has 3 aromatic carbocycles. The van der Waals surface area contributed by atoms with E-state index in [4.69, 9.17) is 4.74 Å². The van der Waals surface area contributed by atoms with Gasteiger partial charge < -0.3 is 10.1 Å². The molecule has 0 atom stereocenters. The van der Waals surface area contributed by atoms with Crippen molar-refractivity contribution in [3.63, 3.8) is 0 Å². The summed E-state index contributed by atoms with van der Waals surface area (Å²) in [5.41, 5.74) is 2.29. The van der Waals surface area contributed by atoms with Gasteiger partial charge in [0, 0.05) is 19.3 Å². The van der Waals surface area contributed by atoms with Gasteiger partial charge in [0.2, 0.25) is 5.91 Å². The largest absolute Gasteiger partial charge is 0.487 e. The van der Waals surface area contributed by atoms with Crippen molar-refractivity contribution in [3.05, 3.63) is 94.4 Å². The number of nitrogens with zero attached hydrogens (tertiary/aromatic N) is 1. The lowest BCUT2D eigenvalue weighted by molar-refractivity contribution is -0.127. The van der Waals surface area contributed by atoms with E-state index < -0.39 is 17.1 Å². The Balaban J connectivity index is 1.51. The van der Waals surface area contributed by atoms with E-state index in [1.165, 1.54) is 0 Å². The smallest absolute Gasteiger partial charge is 0.294 e. The van der Waals surface area contributed by atoms with Gasteiger partial charge in [-0.3, -0.25) is 19.3 Å². The van der Waals surface area contributed by atoms with Gasteiger partial charge >= 0.3 is 0 Å². The Kier molecular flexibility index (Phi) is 8.89. The Morgan fingerprint density at radius 1 is 1.06 bits per heavy atom. The second-order valence-corrected chi connectivity index (χ2v) is 11.7. The van der Waals surface area contributed by atoms with Gasteiger partial charge in [-0.2, -0.15) is 0 Å². The monoisotopic (exact) mass is 774 g/mol. The fourth-order valence-corrected chi connectivity index (χ4v) is 6.36. The summed E-state index contributed by atoms with van der Waals surface area (Å²) in [6, 6.07) is 20.7. The number of carbonyl (C=O) groups is 3. The summed E-state index contributed by atoms with van der Waals surface area (Å²) in [4.78, 5) is 39.2. The topological polar surface area (TPSA) is 75.7 Å². The number of hydrogen-bond acceptors (Lipinski definition) is 5. The van der Waals surface area contributed by atoms with E-state index in [-0.39, 0.29) is 11.4 Å². The van der Waals surface area contributed by atoms with Crippen molar-refractivity contribution in [3.8, 4) is 5.75 Å². The number of nitrogens with one attached hydrogen (secondary N) is 1. The molecule has 0 radical (unpaired) electrons. The van der Waals surface area contributed by atoms with E-state index in [0.717, 1.165) is 33.8 Å². The van der Waals surface area contributed by atoms with Crippen LogP contribution in [0.4, 0.5) is 10.5 Å². The molecule has 4 rings (SSSR count). The molecule has 0 bridgehead atoms. The minimum atomic E-state index is -0.506. The van der Waals surface area contributed by atoms with Crippen molar-refractivity contribution in [1.82, 2.24) is 4.90 Å². The molecule has 10 heteroatoms. The molecule has 3 amide bonds. The highest BCUT2D eigenvalue weighted by atomic mass is 127. The van der Waals surface area contributed by atoms with Crippen LogP contribution in [0, 0.1) is 7.14 Å². The quantitative estimate of drug-likeness (QED) is 0.209. The molecule has 6 nitrogen and oxygen atoms in total. The van der Waals surface area contributed by atoms with E-state index >= 15 is 0 Å². The fourth-order valence-electron chi connectivity index (χ4n) is 3.22. The molecule has 178 valence electrons. The Labute approximate surface area is 242 Å². The molecule has 0 unspecified atom stereocenters. The first kappa shape index (κ1) is 26.2. The molecular formula is C25H17BrI2N2O4S. The van der Waals surface area contributed by atoms with Gasteiger partial charge in [-0.25, -0.2) is 0 Å². The molecule has 1 fully saturated rings. The molecule has 35 heavy (non-hydrogen) atoms. The molecule has 1 saturated heterocycles. The van der Waals surface area contributed by atoms with Gasteiger partial charge in [-0.05, 0) is 105 Å². The number of rotatable bonds is 7. The molecule has 3 aromatic rings. The van der Waals surface area contributed by atoms with Crippen LogP contribution in [0.3, 0.4) is 0 Å². The average Bonchev–Trinajstić information content (AvgIpc) is 3.08. The summed E-state index contributed by atoms with van der Waals surface area (Å²) in [5.74, 6) is -0.324. The van der Waals surface area contributed by atoms with Crippen LogP contribution in [-0.2, 0) is 16.2 Å². The second-order valence-electron chi connectivity index (χ2n) is 7.40. The second kappa shape index (κ2) is 11.9. The lowest BCUT2D eigenvalue weighted by Gasteiger charge is -2.13. The van der Waals surface area contributed by atoms with E-state index in [0.29, 0.717) is 23.6 Å². The van der Waals surface area contributed by atoms with Crippen molar-refractivity contribution in [1.29, 1.82) is 0 Å². The van der Waals surface area contributed by atoms with Gasteiger partial charge in [-0.1, -0.05) is 46.3 Å². The number of benzene rings is 3. The summed E-state index contributed by atoms with van der Waals surface area (Å²) >= 11 is 8.55. The van der Waals surface area contributed by atoms with E-state index in [1.807, 2.05) is 42.5 Å². The third-order valence-corrected chi connectivity index (χ3v) is 7.71. The number of hydrogen-bond donors (Lipinski definition) is 1. The summed E-state index contributed by atoms with van der Waals surface area (Å²) in [6.45, 7) is 0.00920. The summed E-state index contributed by atoms with van der Waals surface area (Å²) < 4.78 is 8.85.